The van der Waals surface area contributed by atoms with E-state index in [2.05, 4.69) is 0 Å². The molecular formula is C3H5F3. The van der Waals surface area contributed by atoms with Crippen molar-refractivity contribution in [2.45, 2.75) is 0 Å². The number of hydrogen-bond donors (Lipinski definition) is 0. The first-order valence-corrected chi connectivity index (χ1v) is 1.15. The van der Waals surface area contributed by atoms with Crippen LogP contribution in [0.15, 0.2) is 12.7 Å². The standard InChI is InChI=1S/C2H2F2.CH3F/c3-1-2-4;1-2/h1-2H;1H3. The van der Waals surface area contributed by atoms with Crippen molar-refractivity contribution in [2.75, 3.05) is 7.18 Å². The van der Waals surface area contributed by atoms with E-state index in [1.165, 1.54) is 0 Å². The summed E-state index contributed by atoms with van der Waals surface area (Å²) in [7, 11) is 0.500. The Balaban J connectivity index is 0. The fraction of sp³-hybridized carbons (Fsp3) is 0.333. The Bertz CT molecular complexity index is 21.2. The zero-order chi connectivity index (χ0) is 5.41. The van der Waals surface area contributed by atoms with Crippen LogP contribution >= 0.6 is 0 Å². The molecule has 0 atom stereocenters. The summed E-state index contributed by atoms with van der Waals surface area (Å²) >= 11 is 0. The zero-order valence-electron chi connectivity index (χ0n) is 3.29. The molecule has 0 rings (SSSR count). The molecule has 0 fully saturated rings. The molecule has 0 aromatic carbocycles. The number of hydrogen-bond acceptors (Lipinski definition) is 0. The molecule has 0 nitrogen and oxygen atoms in total. The van der Waals surface area contributed by atoms with E-state index in [4.69, 9.17) is 0 Å². The second-order valence-electron chi connectivity index (χ2n) is 0.252. The maximum absolute atomic E-state index is 10.2. The van der Waals surface area contributed by atoms with Gasteiger partial charge in [-0.2, -0.15) is 0 Å². The highest BCUT2D eigenvalue weighted by Gasteiger charge is 1.43. The maximum atomic E-state index is 10.2. The molecule has 0 heterocycles. The lowest BCUT2D eigenvalue weighted by molar-refractivity contribution is 0.636. The molecule has 0 saturated heterocycles. The first-order chi connectivity index (χ1) is 2.91. The molecule has 0 spiro atoms. The van der Waals surface area contributed by atoms with Crippen LogP contribution in [0.5, 0.6) is 0 Å². The topological polar surface area (TPSA) is 0 Å². The van der Waals surface area contributed by atoms with Crippen LogP contribution in [0.3, 0.4) is 0 Å². The number of rotatable bonds is 0. The summed E-state index contributed by atoms with van der Waals surface area (Å²) in [6, 6.07) is 0. The molecule has 0 radical (unpaired) electrons. The third-order valence-electron chi connectivity index (χ3n) is 0.0476. The summed E-state index contributed by atoms with van der Waals surface area (Å²) in [6.07, 6.45) is -0.333. The van der Waals surface area contributed by atoms with Gasteiger partial charge in [-0.05, 0) is 0 Å². The number of halogens is 3. The molecule has 0 aliphatic heterocycles. The van der Waals surface area contributed by atoms with Crippen LogP contribution in [0.1, 0.15) is 0 Å². The van der Waals surface area contributed by atoms with Gasteiger partial charge in [-0.1, -0.05) is 0 Å². The highest BCUT2D eigenvalue weighted by atomic mass is 19.2. The lowest BCUT2D eigenvalue weighted by Gasteiger charge is -1.42. The van der Waals surface area contributed by atoms with Crippen LogP contribution in [-0.4, -0.2) is 7.18 Å². The van der Waals surface area contributed by atoms with Crippen LogP contribution < -0.4 is 0 Å². The predicted octanol–water partition coefficient (Wildman–Crippen LogP) is 1.98. The first-order valence-electron chi connectivity index (χ1n) is 1.15. The normalized spacial score (nSPS) is 7.33. The zero-order valence-corrected chi connectivity index (χ0v) is 3.29. The summed E-state index contributed by atoms with van der Waals surface area (Å²) < 4.78 is 29.8. The Hall–Kier alpha value is -0.470. The van der Waals surface area contributed by atoms with Crippen molar-refractivity contribution in [3.63, 3.8) is 0 Å². The van der Waals surface area contributed by atoms with E-state index in [0.717, 1.165) is 0 Å². The van der Waals surface area contributed by atoms with Gasteiger partial charge >= 0.3 is 0 Å². The summed E-state index contributed by atoms with van der Waals surface area (Å²) in [6.45, 7) is 0. The monoisotopic (exact) mass is 98.0 g/mol. The third kappa shape index (κ3) is 80.4. The van der Waals surface area contributed by atoms with Crippen LogP contribution in [0.2, 0.25) is 0 Å². The van der Waals surface area contributed by atoms with Gasteiger partial charge in [-0.3, -0.25) is 4.39 Å². The van der Waals surface area contributed by atoms with Crippen LogP contribution in [0.4, 0.5) is 13.2 Å². The largest absolute Gasteiger partial charge is 0.255 e. The molecule has 0 aromatic rings. The van der Waals surface area contributed by atoms with Gasteiger partial charge in [0.2, 0.25) is 0 Å². The van der Waals surface area contributed by atoms with Crippen molar-refractivity contribution < 1.29 is 13.2 Å². The lowest BCUT2D eigenvalue weighted by atomic mass is 11.2. The molecular weight excluding hydrogens is 93.0 g/mol. The summed E-state index contributed by atoms with van der Waals surface area (Å²) in [4.78, 5) is 0. The van der Waals surface area contributed by atoms with Gasteiger partial charge < -0.3 is 0 Å². The molecule has 6 heavy (non-hydrogen) atoms. The van der Waals surface area contributed by atoms with Crippen LogP contribution in [0.25, 0.3) is 0 Å². The van der Waals surface area contributed by atoms with Gasteiger partial charge in [-0.25, -0.2) is 8.78 Å². The van der Waals surface area contributed by atoms with Gasteiger partial charge in [-0.15, -0.1) is 0 Å². The van der Waals surface area contributed by atoms with E-state index < -0.39 is 0 Å². The van der Waals surface area contributed by atoms with E-state index in [9.17, 15) is 13.2 Å². The SMILES string of the molecule is CF.FC=CF. The lowest BCUT2D eigenvalue weighted by Crippen LogP contribution is -1.18. The maximum Gasteiger partial charge on any atom is 0.115 e. The van der Waals surface area contributed by atoms with Crippen LogP contribution in [0, 0.1) is 0 Å². The Morgan fingerprint density at radius 2 is 1.17 bits per heavy atom. The van der Waals surface area contributed by atoms with Gasteiger partial charge in [0, 0.05) is 0 Å². The van der Waals surface area contributed by atoms with E-state index in [-0.39, 0.29) is 12.7 Å². The third-order valence-corrected chi connectivity index (χ3v) is 0.0476. The van der Waals surface area contributed by atoms with Crippen molar-refractivity contribution in [1.82, 2.24) is 0 Å². The summed E-state index contributed by atoms with van der Waals surface area (Å²) in [5.74, 6) is 0. The molecule has 0 aromatic heterocycles. The molecule has 0 amide bonds. The van der Waals surface area contributed by atoms with Crippen molar-refractivity contribution in [2.24, 2.45) is 0 Å². The fourth-order valence-electron chi connectivity index (χ4n) is 0. The van der Waals surface area contributed by atoms with E-state index >= 15 is 0 Å². The highest BCUT2D eigenvalue weighted by Crippen LogP contribution is 1.67. The second kappa shape index (κ2) is 24.1. The van der Waals surface area contributed by atoms with E-state index in [1.54, 1.807) is 0 Å². The molecule has 0 saturated carbocycles. The average molecular weight is 98.1 g/mol. The first kappa shape index (κ1) is 9.11. The molecule has 0 unspecified atom stereocenters. The molecule has 0 aliphatic rings. The molecule has 38 valence electrons. The second-order valence-corrected chi connectivity index (χ2v) is 0.252. The van der Waals surface area contributed by atoms with Gasteiger partial charge in [0.15, 0.2) is 0 Å². The molecule has 0 aliphatic carbocycles. The smallest absolute Gasteiger partial charge is 0.115 e. The Morgan fingerprint density at radius 1 is 1.00 bits per heavy atom. The summed E-state index contributed by atoms with van der Waals surface area (Å²) in [5.41, 5.74) is 0. The molecule has 0 bridgehead atoms. The van der Waals surface area contributed by atoms with Gasteiger partial charge in [0.05, 0.1) is 7.18 Å². The Kier molecular flexibility index (Phi) is 36.6. The Morgan fingerprint density at radius 3 is 1.17 bits per heavy atom. The van der Waals surface area contributed by atoms with Crippen molar-refractivity contribution in [3.8, 4) is 0 Å². The minimum atomic E-state index is -0.167. The Labute approximate surface area is 34.3 Å². The minimum Gasteiger partial charge on any atom is -0.255 e. The van der Waals surface area contributed by atoms with Gasteiger partial charge in [0.1, 0.15) is 12.7 Å². The molecule has 3 heteroatoms. The minimum absolute atomic E-state index is 0.167. The van der Waals surface area contributed by atoms with Crippen molar-refractivity contribution in [1.29, 1.82) is 0 Å². The number of alkyl halides is 1. The van der Waals surface area contributed by atoms with E-state index in [0.29, 0.717) is 7.18 Å². The molecule has 0 N–H and O–H groups in total. The van der Waals surface area contributed by atoms with Crippen LogP contribution in [-0.2, 0) is 0 Å². The van der Waals surface area contributed by atoms with Crippen molar-refractivity contribution >= 4 is 0 Å². The van der Waals surface area contributed by atoms with E-state index in [1.807, 2.05) is 0 Å². The fourth-order valence-corrected chi connectivity index (χ4v) is 0. The van der Waals surface area contributed by atoms with Crippen molar-refractivity contribution in [3.05, 3.63) is 12.7 Å². The average Bonchev–Trinajstić information content (AvgIpc) is 1.72. The highest BCUT2D eigenvalue weighted by molar-refractivity contribution is 4.51. The predicted molar refractivity (Wildman–Crippen MR) is 18.4 cm³/mol. The quantitative estimate of drug-likeness (QED) is 0.434. The van der Waals surface area contributed by atoms with Gasteiger partial charge in [0.25, 0.3) is 0 Å². The summed E-state index contributed by atoms with van der Waals surface area (Å²) in [5, 5.41) is 0.